The summed E-state index contributed by atoms with van der Waals surface area (Å²) in [6.45, 7) is -0.0848. The Morgan fingerprint density at radius 3 is 1.46 bits per heavy atom. The number of hydrogen-bond donors (Lipinski definition) is 0. The Balaban J connectivity index is 0.000000233. The van der Waals surface area contributed by atoms with Crippen LogP contribution in [0.3, 0.4) is 0 Å². The van der Waals surface area contributed by atoms with Crippen LogP contribution in [0, 0.1) is 0 Å². The van der Waals surface area contributed by atoms with Gasteiger partial charge in [0.1, 0.15) is 11.5 Å². The van der Waals surface area contributed by atoms with Gasteiger partial charge >= 0.3 is 0 Å². The van der Waals surface area contributed by atoms with Gasteiger partial charge < -0.3 is 47.4 Å². The van der Waals surface area contributed by atoms with Crippen LogP contribution in [0.5, 0.6) is 57.5 Å². The van der Waals surface area contributed by atoms with E-state index in [-0.39, 0.29) is 18.2 Å². The minimum absolute atomic E-state index is 0.0848. The third-order valence-electron chi connectivity index (χ3n) is 8.35. The molecule has 2 heterocycles. The zero-order valence-electron chi connectivity index (χ0n) is 33.0. The van der Waals surface area contributed by atoms with Gasteiger partial charge in [0.15, 0.2) is 35.4 Å². The first-order chi connectivity index (χ1) is 27.1. The molecule has 0 fully saturated rings. The second kappa shape index (κ2) is 18.6. The van der Waals surface area contributed by atoms with Gasteiger partial charge in [-0.25, -0.2) is 0 Å². The van der Waals surface area contributed by atoms with E-state index in [2.05, 4.69) is 15.9 Å². The second-order valence-electron chi connectivity index (χ2n) is 11.2. The van der Waals surface area contributed by atoms with Crippen LogP contribution < -0.4 is 47.4 Å². The first-order valence-electron chi connectivity index (χ1n) is 17.1. The molecule has 2 aliphatic heterocycles. The normalized spacial score (nSPS) is 14.6. The third-order valence-corrected chi connectivity index (χ3v) is 8.99. The molecule has 1 atom stereocenters. The summed E-state index contributed by atoms with van der Waals surface area (Å²) in [6, 6.07) is 18.4. The standard InChI is InChI=1S/C20H19BrO6.C20H20O6.H3P/c1-23-12-7-5-11(6-8-12)13-9-15(22)20(21)27-17-14(13)10-16(24-2)18(25-3)19(17)26-4;1-22-14-7-5-12(6-8-14)15-9-13(21)11-26-18-16(15)10-17(23-2)19(24-3)20(18)25-4;/h5-10,20H,1-4H3;5-10H,11H2,1-4H3;1H3/i;;1T2. The average molecular weight is 830 g/mol. The summed E-state index contributed by atoms with van der Waals surface area (Å²) in [7, 11) is 11.9. The highest BCUT2D eigenvalue weighted by atomic mass is 79.9. The average Bonchev–Trinajstić information content (AvgIpc) is 3.47. The predicted octanol–water partition coefficient (Wildman–Crippen LogP) is 7.01. The summed E-state index contributed by atoms with van der Waals surface area (Å²) in [5.74, 6) is 4.42. The maximum atomic E-state index is 12.5. The number of methoxy groups -OCH3 is 8. The van der Waals surface area contributed by atoms with E-state index in [4.69, 9.17) is 49.9 Å². The Morgan fingerprint density at radius 1 is 0.611 bits per heavy atom. The highest BCUT2D eigenvalue weighted by Gasteiger charge is 2.31. The lowest BCUT2D eigenvalue weighted by Crippen LogP contribution is -2.17. The van der Waals surface area contributed by atoms with Crippen molar-refractivity contribution in [2.24, 2.45) is 0 Å². The highest BCUT2D eigenvalue weighted by molar-refractivity contribution is 9.09. The van der Waals surface area contributed by atoms with Crippen LogP contribution in [-0.2, 0) is 9.59 Å². The molecule has 286 valence electrons. The summed E-state index contributed by atoms with van der Waals surface area (Å²) >= 11 is 3.28. The van der Waals surface area contributed by atoms with Crippen molar-refractivity contribution >= 4 is 48.4 Å². The Labute approximate surface area is 328 Å². The second-order valence-corrected chi connectivity index (χ2v) is 12.0. The molecule has 0 aliphatic carbocycles. The molecule has 0 saturated heterocycles. The SMILES string of the molecule is COc1ccc(C2=CC(=O)C(Br)Oc3c2cc(OC)c(OC)c3OC)cc1.COc1ccc(C2=CC(=O)COc3c2cc(OC)c(OC)c3OC)cc1.[3H]P[3H]. The largest absolute Gasteiger partial charge is 0.497 e. The maximum Gasteiger partial charge on any atom is 0.215 e. The van der Waals surface area contributed by atoms with Gasteiger partial charge in [-0.2, -0.15) is 9.79 Å². The minimum Gasteiger partial charge on any atom is -0.497 e. The van der Waals surface area contributed by atoms with E-state index >= 15 is 0 Å². The summed E-state index contributed by atoms with van der Waals surface area (Å²) in [5, 5.41) is -0.848. The van der Waals surface area contributed by atoms with Crippen molar-refractivity contribution in [2.45, 2.75) is 5.01 Å². The summed E-state index contributed by atoms with van der Waals surface area (Å²) in [5.41, 5.74) is 4.41. The van der Waals surface area contributed by atoms with Crippen LogP contribution in [0.1, 0.15) is 22.3 Å². The van der Waals surface area contributed by atoms with Crippen molar-refractivity contribution in [1.82, 2.24) is 0 Å². The molecule has 0 aromatic heterocycles. The van der Waals surface area contributed by atoms with Crippen LogP contribution >= 0.6 is 25.7 Å². The Morgan fingerprint density at radius 2 is 1.04 bits per heavy atom. The van der Waals surface area contributed by atoms with Crippen molar-refractivity contribution in [2.75, 3.05) is 63.5 Å². The van der Waals surface area contributed by atoms with E-state index in [0.29, 0.717) is 68.3 Å². The smallest absolute Gasteiger partial charge is 0.215 e. The van der Waals surface area contributed by atoms with Gasteiger partial charge in [-0.3, -0.25) is 9.59 Å². The molecule has 0 saturated carbocycles. The zero-order chi connectivity index (χ0) is 40.9. The molecule has 2 aliphatic rings. The molecule has 6 rings (SSSR count). The van der Waals surface area contributed by atoms with Gasteiger partial charge in [-0.15, -0.1) is 0 Å². The number of hydrogen-bond acceptors (Lipinski definition) is 12. The molecule has 54 heavy (non-hydrogen) atoms. The van der Waals surface area contributed by atoms with Gasteiger partial charge in [0, 0.05) is 11.1 Å². The predicted molar refractivity (Wildman–Crippen MR) is 212 cm³/mol. The molecule has 14 heteroatoms. The molecule has 4 aromatic carbocycles. The molecular weight excluding hydrogens is 783 g/mol. The number of carbonyl (C=O) groups is 2. The van der Waals surface area contributed by atoms with E-state index < -0.39 is 14.8 Å². The van der Waals surface area contributed by atoms with Crippen molar-refractivity contribution < 1.29 is 57.0 Å². The monoisotopic (exact) mass is 828 g/mol. The summed E-state index contributed by atoms with van der Waals surface area (Å²) in [4.78, 5) is 24.8. The summed E-state index contributed by atoms with van der Waals surface area (Å²) < 4.78 is 66.6. The van der Waals surface area contributed by atoms with Gasteiger partial charge in [0.05, 0.1) is 59.4 Å². The molecule has 4 aromatic rings. The van der Waals surface area contributed by atoms with Crippen molar-refractivity contribution in [1.29, 1.82) is 2.56 Å². The zero-order valence-corrected chi connectivity index (χ0v) is 33.6. The van der Waals surface area contributed by atoms with Gasteiger partial charge in [0.25, 0.3) is 0 Å². The fourth-order valence-electron chi connectivity index (χ4n) is 5.81. The number of ketones is 2. The molecule has 0 N–H and O–H groups in total. The van der Waals surface area contributed by atoms with Gasteiger partial charge in [-0.1, -0.05) is 24.3 Å². The van der Waals surface area contributed by atoms with E-state index in [0.717, 1.165) is 22.6 Å². The quantitative estimate of drug-likeness (QED) is 0.121. The van der Waals surface area contributed by atoms with Crippen LogP contribution in [0.2, 0.25) is 0 Å². The Bertz CT molecular complexity index is 2070. The fraction of sp³-hybridized carbons (Fsp3) is 0.250. The molecule has 0 radical (unpaired) electrons. The minimum atomic E-state index is -0.848. The van der Waals surface area contributed by atoms with Gasteiger partial charge in [-0.05, 0) is 86.8 Å². The van der Waals surface area contributed by atoms with Crippen LogP contribution in [0.15, 0.2) is 72.8 Å². The van der Waals surface area contributed by atoms with E-state index in [9.17, 15) is 9.59 Å². The molecule has 1 unspecified atom stereocenters. The van der Waals surface area contributed by atoms with Crippen molar-refractivity contribution in [3.05, 3.63) is 95.1 Å². The fourth-order valence-corrected chi connectivity index (χ4v) is 6.13. The Hall–Kier alpha value is -5.39. The first kappa shape index (κ1) is 38.3. The summed E-state index contributed by atoms with van der Waals surface area (Å²) in [6.07, 6.45) is 3.11. The molecular formula is C40H42BrO12P. The van der Waals surface area contributed by atoms with Crippen LogP contribution in [-0.4, -0.2) is 82.6 Å². The number of alkyl halides is 1. The van der Waals surface area contributed by atoms with Crippen LogP contribution in [0.4, 0.5) is 0 Å². The van der Waals surface area contributed by atoms with Gasteiger partial charge in [0.2, 0.25) is 33.8 Å². The first-order valence-corrected chi connectivity index (χ1v) is 17.0. The number of halogens is 1. The number of fused-ring (bicyclic) bond motifs is 2. The molecule has 12 nitrogen and oxygen atoms in total. The lowest BCUT2D eigenvalue weighted by molar-refractivity contribution is -0.117. The number of ether oxygens (including phenoxy) is 10. The number of rotatable bonds is 10. The number of carbonyl (C=O) groups excluding carboxylic acids is 2. The van der Waals surface area contributed by atoms with E-state index in [1.54, 1.807) is 45.6 Å². The Kier molecular flexibility index (Phi) is 13.2. The van der Waals surface area contributed by atoms with E-state index in [1.807, 2.05) is 48.5 Å². The molecule has 0 bridgehead atoms. The molecule has 0 amide bonds. The van der Waals surface area contributed by atoms with Crippen molar-refractivity contribution in [3.8, 4) is 57.5 Å². The number of benzene rings is 4. The topological polar surface area (TPSA) is 126 Å². The lowest BCUT2D eigenvalue weighted by Gasteiger charge is -2.20. The lowest BCUT2D eigenvalue weighted by atomic mass is 9.95. The van der Waals surface area contributed by atoms with E-state index in [1.165, 1.54) is 35.5 Å². The van der Waals surface area contributed by atoms with Crippen molar-refractivity contribution in [3.63, 3.8) is 0 Å². The third kappa shape index (κ3) is 8.37. The highest BCUT2D eigenvalue weighted by Crippen LogP contribution is 2.52. The maximum absolute atomic E-state index is 12.5. The molecule has 0 spiro atoms. The van der Waals surface area contributed by atoms with Crippen LogP contribution in [0.25, 0.3) is 11.1 Å².